The molecule has 24 heavy (non-hydrogen) atoms. The van der Waals surface area contributed by atoms with Gasteiger partial charge in [0.05, 0.1) is 28.8 Å². The molecular weight excluding hydrogens is 302 g/mol. The fraction of sp³-hybridized carbons (Fsp3) is 0.211. The van der Waals surface area contributed by atoms with E-state index >= 15 is 0 Å². The molecule has 0 aliphatic rings. The summed E-state index contributed by atoms with van der Waals surface area (Å²) in [4.78, 5) is 23.5. The van der Waals surface area contributed by atoms with E-state index in [0.717, 1.165) is 46.9 Å². The summed E-state index contributed by atoms with van der Waals surface area (Å²) >= 11 is 0. The van der Waals surface area contributed by atoms with E-state index in [-0.39, 0.29) is 5.56 Å². The quantitative estimate of drug-likeness (QED) is 0.745. The average Bonchev–Trinajstić information content (AvgIpc) is 3.11. The lowest BCUT2D eigenvalue weighted by atomic mass is 10.1. The van der Waals surface area contributed by atoms with Crippen molar-refractivity contribution in [2.24, 2.45) is 0 Å². The highest BCUT2D eigenvalue weighted by molar-refractivity contribution is 5.88. The monoisotopic (exact) mass is 321 g/mol. The molecule has 0 saturated carbocycles. The Balaban J connectivity index is 1.91. The van der Waals surface area contributed by atoms with Gasteiger partial charge in [0, 0.05) is 5.69 Å². The summed E-state index contributed by atoms with van der Waals surface area (Å²) in [5, 5.41) is 8.97. The Morgan fingerprint density at radius 3 is 2.29 bits per heavy atom. The van der Waals surface area contributed by atoms with E-state index in [1.165, 1.54) is 0 Å². The van der Waals surface area contributed by atoms with Gasteiger partial charge >= 0.3 is 5.97 Å². The summed E-state index contributed by atoms with van der Waals surface area (Å²) in [5.74, 6) is -0.924. The second-order valence-electron chi connectivity index (χ2n) is 5.52. The number of aromatic carboxylic acids is 1. The SMILES string of the molecule is CCc1ncc(-c2ccc(-c3ccc(C(=O)O)cc3)[nH]2)nc1CC. The van der Waals surface area contributed by atoms with E-state index < -0.39 is 5.97 Å². The van der Waals surface area contributed by atoms with Crippen molar-refractivity contribution in [3.63, 3.8) is 0 Å². The molecular formula is C19H19N3O2. The van der Waals surface area contributed by atoms with Crippen molar-refractivity contribution >= 4 is 5.97 Å². The van der Waals surface area contributed by atoms with Crippen LogP contribution in [0.3, 0.4) is 0 Å². The van der Waals surface area contributed by atoms with E-state index in [1.54, 1.807) is 30.5 Å². The predicted molar refractivity (Wildman–Crippen MR) is 93.0 cm³/mol. The third-order valence-corrected chi connectivity index (χ3v) is 4.01. The van der Waals surface area contributed by atoms with Gasteiger partial charge in [-0.2, -0.15) is 0 Å². The van der Waals surface area contributed by atoms with Gasteiger partial charge in [0.1, 0.15) is 5.69 Å². The Morgan fingerprint density at radius 1 is 1.00 bits per heavy atom. The molecule has 0 fully saturated rings. The number of hydrogen-bond donors (Lipinski definition) is 2. The van der Waals surface area contributed by atoms with E-state index in [9.17, 15) is 4.79 Å². The fourth-order valence-electron chi connectivity index (χ4n) is 2.67. The van der Waals surface area contributed by atoms with Gasteiger partial charge in [-0.25, -0.2) is 9.78 Å². The summed E-state index contributed by atoms with van der Waals surface area (Å²) < 4.78 is 0. The van der Waals surface area contributed by atoms with Gasteiger partial charge in [-0.1, -0.05) is 26.0 Å². The second-order valence-corrected chi connectivity index (χ2v) is 5.52. The molecule has 2 N–H and O–H groups in total. The largest absolute Gasteiger partial charge is 0.478 e. The van der Waals surface area contributed by atoms with E-state index in [0.29, 0.717) is 0 Å². The van der Waals surface area contributed by atoms with Crippen LogP contribution in [0.2, 0.25) is 0 Å². The van der Waals surface area contributed by atoms with Crippen LogP contribution in [0.1, 0.15) is 35.6 Å². The van der Waals surface area contributed by atoms with Gasteiger partial charge in [-0.15, -0.1) is 0 Å². The highest BCUT2D eigenvalue weighted by Crippen LogP contribution is 2.24. The lowest BCUT2D eigenvalue weighted by Gasteiger charge is -2.06. The first kappa shape index (κ1) is 15.9. The molecule has 3 aromatic rings. The summed E-state index contributed by atoms with van der Waals surface area (Å²) in [7, 11) is 0. The van der Waals surface area contributed by atoms with Gasteiger partial charge in [0.25, 0.3) is 0 Å². The smallest absolute Gasteiger partial charge is 0.335 e. The van der Waals surface area contributed by atoms with Crippen LogP contribution in [0.15, 0.2) is 42.6 Å². The average molecular weight is 321 g/mol. The number of H-pyrrole nitrogens is 1. The van der Waals surface area contributed by atoms with Gasteiger partial charge in [0.15, 0.2) is 0 Å². The summed E-state index contributed by atoms with van der Waals surface area (Å²) in [6, 6.07) is 10.7. The van der Waals surface area contributed by atoms with E-state index in [2.05, 4.69) is 23.8 Å². The minimum atomic E-state index is -0.924. The van der Waals surface area contributed by atoms with Crippen LogP contribution in [0.25, 0.3) is 22.6 Å². The number of aryl methyl sites for hydroxylation is 2. The number of aromatic nitrogens is 3. The van der Waals surface area contributed by atoms with Crippen LogP contribution in [0, 0.1) is 0 Å². The Morgan fingerprint density at radius 2 is 1.67 bits per heavy atom. The first-order chi connectivity index (χ1) is 11.6. The van der Waals surface area contributed by atoms with Crippen molar-refractivity contribution in [2.75, 3.05) is 0 Å². The third-order valence-electron chi connectivity index (χ3n) is 4.01. The molecule has 3 rings (SSSR count). The number of nitrogens with zero attached hydrogens (tertiary/aromatic N) is 2. The number of carbonyl (C=O) groups is 1. The van der Waals surface area contributed by atoms with Crippen molar-refractivity contribution in [1.82, 2.24) is 15.0 Å². The van der Waals surface area contributed by atoms with E-state index in [1.807, 2.05) is 12.1 Å². The van der Waals surface area contributed by atoms with Crippen molar-refractivity contribution in [1.29, 1.82) is 0 Å². The molecule has 5 heteroatoms. The van der Waals surface area contributed by atoms with Crippen LogP contribution in [0.4, 0.5) is 0 Å². The zero-order valence-corrected chi connectivity index (χ0v) is 13.7. The summed E-state index contributed by atoms with van der Waals surface area (Å²) in [6.45, 7) is 4.16. The number of rotatable bonds is 5. The number of aromatic amines is 1. The van der Waals surface area contributed by atoms with Crippen LogP contribution in [0.5, 0.6) is 0 Å². The molecule has 122 valence electrons. The van der Waals surface area contributed by atoms with Gasteiger partial charge in [-0.3, -0.25) is 4.98 Å². The van der Waals surface area contributed by atoms with Crippen LogP contribution in [-0.4, -0.2) is 26.0 Å². The van der Waals surface area contributed by atoms with Crippen LogP contribution >= 0.6 is 0 Å². The fourth-order valence-corrected chi connectivity index (χ4v) is 2.67. The van der Waals surface area contributed by atoms with Gasteiger partial charge in [0.2, 0.25) is 0 Å². The number of carboxylic acids is 1. The highest BCUT2D eigenvalue weighted by Gasteiger charge is 2.09. The summed E-state index contributed by atoms with van der Waals surface area (Å²) in [5.41, 5.74) is 5.91. The lowest BCUT2D eigenvalue weighted by Crippen LogP contribution is -2.00. The Bertz CT molecular complexity index is 867. The first-order valence-corrected chi connectivity index (χ1v) is 8.00. The maximum Gasteiger partial charge on any atom is 0.335 e. The zero-order chi connectivity index (χ0) is 17.1. The maximum atomic E-state index is 10.9. The molecule has 2 heterocycles. The molecule has 5 nitrogen and oxygen atoms in total. The van der Waals surface area contributed by atoms with Crippen LogP contribution < -0.4 is 0 Å². The molecule has 0 atom stereocenters. The number of benzene rings is 1. The lowest BCUT2D eigenvalue weighted by molar-refractivity contribution is 0.0697. The summed E-state index contributed by atoms with van der Waals surface area (Å²) in [6.07, 6.45) is 3.53. The topological polar surface area (TPSA) is 78.9 Å². The van der Waals surface area contributed by atoms with Crippen LogP contribution in [-0.2, 0) is 12.8 Å². The van der Waals surface area contributed by atoms with Crippen molar-refractivity contribution in [2.45, 2.75) is 26.7 Å². The Kier molecular flexibility index (Phi) is 4.42. The molecule has 2 aromatic heterocycles. The highest BCUT2D eigenvalue weighted by atomic mass is 16.4. The molecule has 0 bridgehead atoms. The second kappa shape index (κ2) is 6.66. The standard InChI is InChI=1S/C19H19N3O2/c1-3-14-15(4-2)21-18(11-20-14)17-10-9-16(22-17)12-5-7-13(8-6-12)19(23)24/h5-11,22H,3-4H2,1-2H3,(H,23,24). The normalized spacial score (nSPS) is 10.8. The molecule has 0 radical (unpaired) electrons. The number of carboxylic acid groups (broad SMARTS) is 1. The molecule has 0 spiro atoms. The molecule has 0 saturated heterocycles. The third kappa shape index (κ3) is 3.06. The Labute approximate surface area is 140 Å². The minimum absolute atomic E-state index is 0.277. The first-order valence-electron chi connectivity index (χ1n) is 8.00. The zero-order valence-electron chi connectivity index (χ0n) is 13.7. The van der Waals surface area contributed by atoms with Gasteiger partial charge < -0.3 is 10.1 Å². The molecule has 0 aliphatic carbocycles. The maximum absolute atomic E-state index is 10.9. The van der Waals surface area contributed by atoms with Crippen molar-refractivity contribution in [3.8, 4) is 22.6 Å². The van der Waals surface area contributed by atoms with Crippen molar-refractivity contribution in [3.05, 3.63) is 59.5 Å². The molecule has 0 aliphatic heterocycles. The predicted octanol–water partition coefficient (Wildman–Crippen LogP) is 3.96. The van der Waals surface area contributed by atoms with Crippen molar-refractivity contribution < 1.29 is 9.90 Å². The number of nitrogens with one attached hydrogen (secondary N) is 1. The van der Waals surface area contributed by atoms with E-state index in [4.69, 9.17) is 10.1 Å². The molecule has 0 amide bonds. The molecule has 0 unspecified atom stereocenters. The Hall–Kier alpha value is -2.95. The number of hydrogen-bond acceptors (Lipinski definition) is 3. The molecule has 1 aromatic carbocycles. The minimum Gasteiger partial charge on any atom is -0.478 e. The van der Waals surface area contributed by atoms with Gasteiger partial charge in [-0.05, 0) is 42.7 Å².